The smallest absolute Gasteiger partial charge is 0.306 e. The first-order valence-electron chi connectivity index (χ1n) is 4.54. The van der Waals surface area contributed by atoms with Crippen molar-refractivity contribution >= 4 is 12.0 Å². The van der Waals surface area contributed by atoms with E-state index in [2.05, 4.69) is 16.9 Å². The predicted octanol–water partition coefficient (Wildman–Crippen LogP) is 2.00. The lowest BCUT2D eigenvalue weighted by Gasteiger charge is -2.08. The monoisotopic (exact) mass is 185 g/mol. The van der Waals surface area contributed by atoms with Crippen molar-refractivity contribution in [2.45, 2.75) is 39.5 Å². The zero-order valence-electron chi connectivity index (χ0n) is 8.08. The standard InChI is InChI=1S/C9H15NO3/c1-3-5-6-8(4-2)9(12)13-10-7-11/h8H,3-6H2,1-2H3. The minimum atomic E-state index is -0.431. The van der Waals surface area contributed by atoms with Crippen LogP contribution in [0.3, 0.4) is 0 Å². The molecule has 0 radical (unpaired) electrons. The molecule has 0 aromatic carbocycles. The predicted molar refractivity (Wildman–Crippen MR) is 47.5 cm³/mol. The molecule has 0 aromatic rings. The van der Waals surface area contributed by atoms with Gasteiger partial charge in [-0.2, -0.15) is 0 Å². The number of unbranched alkanes of at least 4 members (excludes halogenated alkanes) is 1. The molecule has 0 aliphatic carbocycles. The van der Waals surface area contributed by atoms with Gasteiger partial charge in [-0.15, -0.1) is 0 Å². The van der Waals surface area contributed by atoms with Crippen LogP contribution in [0.5, 0.6) is 0 Å². The Labute approximate surface area is 77.9 Å². The third-order valence-corrected chi connectivity index (χ3v) is 1.91. The van der Waals surface area contributed by atoms with Gasteiger partial charge in [0.2, 0.25) is 0 Å². The van der Waals surface area contributed by atoms with Gasteiger partial charge in [-0.3, -0.25) is 0 Å². The molecule has 0 bridgehead atoms. The molecule has 0 aromatic heterocycles. The second kappa shape index (κ2) is 7.50. The summed E-state index contributed by atoms with van der Waals surface area (Å²) in [5.74, 6) is -0.573. The molecule has 1 unspecified atom stereocenters. The Hall–Kier alpha value is -1.15. The van der Waals surface area contributed by atoms with Crippen LogP contribution in [0.4, 0.5) is 0 Å². The zero-order valence-corrected chi connectivity index (χ0v) is 8.08. The van der Waals surface area contributed by atoms with E-state index >= 15 is 0 Å². The van der Waals surface area contributed by atoms with Gasteiger partial charge in [-0.05, 0) is 12.8 Å². The summed E-state index contributed by atoms with van der Waals surface area (Å²) in [4.78, 5) is 25.1. The Morgan fingerprint density at radius 2 is 2.23 bits per heavy atom. The summed E-state index contributed by atoms with van der Waals surface area (Å²) in [6.45, 7) is 3.97. The van der Waals surface area contributed by atoms with Crippen LogP contribution in [0, 0.1) is 5.92 Å². The lowest BCUT2D eigenvalue weighted by Crippen LogP contribution is -2.14. The maximum Gasteiger partial charge on any atom is 0.339 e. The Balaban J connectivity index is 3.91. The fourth-order valence-electron chi connectivity index (χ4n) is 1.08. The lowest BCUT2D eigenvalue weighted by atomic mass is 10.00. The summed E-state index contributed by atoms with van der Waals surface area (Å²) in [6, 6.07) is 0. The van der Waals surface area contributed by atoms with E-state index in [1.165, 1.54) is 6.08 Å². The topological polar surface area (TPSA) is 55.7 Å². The van der Waals surface area contributed by atoms with Gasteiger partial charge >= 0.3 is 5.97 Å². The first kappa shape index (κ1) is 11.8. The van der Waals surface area contributed by atoms with E-state index in [1.807, 2.05) is 6.92 Å². The van der Waals surface area contributed by atoms with Crippen LogP contribution in [-0.2, 0) is 14.4 Å². The van der Waals surface area contributed by atoms with Crippen molar-refractivity contribution in [1.82, 2.24) is 0 Å². The summed E-state index contributed by atoms with van der Waals surface area (Å²) in [5, 5.41) is 2.79. The molecule has 0 aliphatic heterocycles. The molecule has 0 heterocycles. The van der Waals surface area contributed by atoms with Crippen molar-refractivity contribution in [3.05, 3.63) is 0 Å². The molecule has 0 spiro atoms. The highest BCUT2D eigenvalue weighted by atomic mass is 16.7. The fraction of sp³-hybridized carbons (Fsp3) is 0.778. The Kier molecular flexibility index (Phi) is 6.83. The van der Waals surface area contributed by atoms with Gasteiger partial charge in [0.25, 0.3) is 6.08 Å². The number of hydrogen-bond donors (Lipinski definition) is 0. The van der Waals surface area contributed by atoms with E-state index in [0.29, 0.717) is 6.42 Å². The highest BCUT2D eigenvalue weighted by molar-refractivity contribution is 5.72. The maximum atomic E-state index is 11.1. The van der Waals surface area contributed by atoms with Crippen molar-refractivity contribution in [3.8, 4) is 0 Å². The first-order valence-corrected chi connectivity index (χ1v) is 4.54. The molecule has 0 aliphatic rings. The van der Waals surface area contributed by atoms with Crippen molar-refractivity contribution in [3.63, 3.8) is 0 Å². The quantitative estimate of drug-likeness (QED) is 0.275. The number of hydrogen-bond acceptors (Lipinski definition) is 4. The van der Waals surface area contributed by atoms with Gasteiger partial charge in [-0.1, -0.05) is 26.7 Å². The Morgan fingerprint density at radius 1 is 1.54 bits per heavy atom. The number of isocyanates is 1. The molecule has 13 heavy (non-hydrogen) atoms. The summed E-state index contributed by atoms with van der Waals surface area (Å²) in [7, 11) is 0. The van der Waals surface area contributed by atoms with Crippen LogP contribution in [-0.4, -0.2) is 12.0 Å². The number of carbonyl (C=O) groups is 1. The molecule has 1 atom stereocenters. The summed E-state index contributed by atoms with van der Waals surface area (Å²) < 4.78 is 0. The van der Waals surface area contributed by atoms with Gasteiger partial charge in [0.15, 0.2) is 0 Å². The Morgan fingerprint density at radius 3 is 2.69 bits per heavy atom. The first-order chi connectivity index (χ1) is 6.26. The van der Waals surface area contributed by atoms with Crippen LogP contribution >= 0.6 is 0 Å². The SMILES string of the molecule is CCCCC(CC)C(=O)ON=C=O. The minimum absolute atomic E-state index is 0.142. The molecular formula is C9H15NO3. The molecule has 0 amide bonds. The van der Waals surface area contributed by atoms with Crippen LogP contribution in [0.15, 0.2) is 5.16 Å². The van der Waals surface area contributed by atoms with Gasteiger partial charge in [0, 0.05) is 5.16 Å². The molecular weight excluding hydrogens is 170 g/mol. The average Bonchev–Trinajstić information content (AvgIpc) is 2.16. The summed E-state index contributed by atoms with van der Waals surface area (Å²) in [6.07, 6.45) is 4.70. The molecule has 0 saturated carbocycles. The largest absolute Gasteiger partial charge is 0.339 e. The summed E-state index contributed by atoms with van der Waals surface area (Å²) >= 11 is 0. The molecule has 0 rings (SSSR count). The van der Waals surface area contributed by atoms with Gasteiger partial charge in [0.05, 0.1) is 5.92 Å². The van der Waals surface area contributed by atoms with Crippen molar-refractivity contribution in [2.24, 2.45) is 11.1 Å². The van der Waals surface area contributed by atoms with Crippen molar-refractivity contribution < 1.29 is 14.4 Å². The maximum absolute atomic E-state index is 11.1. The van der Waals surface area contributed by atoms with Gasteiger partial charge < -0.3 is 4.84 Å². The molecule has 74 valence electrons. The van der Waals surface area contributed by atoms with E-state index < -0.39 is 5.97 Å². The van der Waals surface area contributed by atoms with Crippen LogP contribution in [0.2, 0.25) is 0 Å². The molecule has 0 N–H and O–H groups in total. The zero-order chi connectivity index (χ0) is 10.1. The third kappa shape index (κ3) is 5.15. The normalized spacial score (nSPS) is 11.5. The van der Waals surface area contributed by atoms with Crippen LogP contribution in [0.1, 0.15) is 39.5 Å². The number of carbonyl (C=O) groups excluding carboxylic acids is 2. The molecule has 0 saturated heterocycles. The lowest BCUT2D eigenvalue weighted by molar-refractivity contribution is -0.149. The third-order valence-electron chi connectivity index (χ3n) is 1.91. The number of rotatable bonds is 6. The van der Waals surface area contributed by atoms with Gasteiger partial charge in [0.1, 0.15) is 0 Å². The molecule has 4 nitrogen and oxygen atoms in total. The van der Waals surface area contributed by atoms with E-state index in [1.54, 1.807) is 0 Å². The second-order valence-corrected chi connectivity index (χ2v) is 2.84. The second-order valence-electron chi connectivity index (χ2n) is 2.84. The molecule has 4 heteroatoms. The van der Waals surface area contributed by atoms with Crippen molar-refractivity contribution in [2.75, 3.05) is 0 Å². The highest BCUT2D eigenvalue weighted by Crippen LogP contribution is 2.14. The van der Waals surface area contributed by atoms with Crippen LogP contribution < -0.4 is 0 Å². The minimum Gasteiger partial charge on any atom is -0.306 e. The van der Waals surface area contributed by atoms with E-state index in [9.17, 15) is 9.59 Å². The Bertz CT molecular complexity index is 197. The van der Waals surface area contributed by atoms with Crippen LogP contribution in [0.25, 0.3) is 0 Å². The van der Waals surface area contributed by atoms with E-state index in [-0.39, 0.29) is 5.92 Å². The van der Waals surface area contributed by atoms with E-state index in [0.717, 1.165) is 19.3 Å². The highest BCUT2D eigenvalue weighted by Gasteiger charge is 2.17. The summed E-state index contributed by atoms with van der Waals surface area (Å²) in [5.41, 5.74) is 0. The fourth-order valence-corrected chi connectivity index (χ4v) is 1.08. The van der Waals surface area contributed by atoms with Crippen molar-refractivity contribution in [1.29, 1.82) is 0 Å². The average molecular weight is 185 g/mol. The number of nitrogens with zero attached hydrogens (tertiary/aromatic N) is 1. The van der Waals surface area contributed by atoms with Gasteiger partial charge in [-0.25, -0.2) is 9.59 Å². The molecule has 0 fully saturated rings. The van der Waals surface area contributed by atoms with E-state index in [4.69, 9.17) is 0 Å².